The largest absolute Gasteiger partial charge is 0.472 e. The third-order valence-corrected chi connectivity index (χ3v) is 4.65. The summed E-state index contributed by atoms with van der Waals surface area (Å²) >= 11 is 0. The Morgan fingerprint density at radius 2 is 1.89 bits per heavy atom. The molecule has 0 atom stereocenters. The molecule has 0 saturated carbocycles. The van der Waals surface area contributed by atoms with Crippen molar-refractivity contribution in [1.29, 1.82) is 0 Å². The molecule has 1 N–H and O–H groups in total. The molecule has 0 aliphatic carbocycles. The average Bonchev–Trinajstić information content (AvgIpc) is 3.33. The number of nitrogens with zero attached hydrogens (tertiary/aromatic N) is 1. The molecule has 0 saturated heterocycles. The van der Waals surface area contributed by atoms with E-state index in [9.17, 15) is 4.79 Å². The molecule has 1 aliphatic rings. The molecule has 5 nitrogen and oxygen atoms in total. The summed E-state index contributed by atoms with van der Waals surface area (Å²) in [7, 11) is 2.05. The molecule has 2 aromatic carbocycles. The van der Waals surface area contributed by atoms with Gasteiger partial charge in [0.2, 0.25) is 0 Å². The molecule has 0 spiro atoms. The molecule has 27 heavy (non-hydrogen) atoms. The van der Waals surface area contributed by atoms with E-state index in [1.807, 2.05) is 55.6 Å². The number of carbonyl (C=O) groups is 1. The van der Waals surface area contributed by atoms with Crippen molar-refractivity contribution >= 4 is 11.6 Å². The van der Waals surface area contributed by atoms with Crippen LogP contribution in [0.15, 0.2) is 65.5 Å². The first kappa shape index (κ1) is 17.5. The molecule has 1 aromatic heterocycles. The number of furan rings is 1. The van der Waals surface area contributed by atoms with Gasteiger partial charge < -0.3 is 14.5 Å². The Morgan fingerprint density at radius 3 is 2.74 bits per heavy atom. The van der Waals surface area contributed by atoms with E-state index in [0.29, 0.717) is 18.8 Å². The highest BCUT2D eigenvalue weighted by molar-refractivity contribution is 6.04. The normalized spacial score (nSPS) is 13.0. The number of hydrogen-bond acceptors (Lipinski definition) is 4. The number of carbonyl (C=O) groups excluding carboxylic acids is 1. The molecular formula is C22H22N2O3. The first-order valence-corrected chi connectivity index (χ1v) is 8.97. The highest BCUT2D eigenvalue weighted by Gasteiger charge is 2.13. The predicted molar refractivity (Wildman–Crippen MR) is 103 cm³/mol. The molecule has 3 aromatic rings. The molecule has 4 rings (SSSR count). The van der Waals surface area contributed by atoms with E-state index in [4.69, 9.17) is 9.15 Å². The second-order valence-corrected chi connectivity index (χ2v) is 6.93. The zero-order chi connectivity index (χ0) is 18.6. The van der Waals surface area contributed by atoms with Crippen molar-refractivity contribution in [2.24, 2.45) is 0 Å². The van der Waals surface area contributed by atoms with Crippen LogP contribution in [0.3, 0.4) is 0 Å². The van der Waals surface area contributed by atoms with Crippen LogP contribution in [0, 0.1) is 0 Å². The molecule has 1 aliphatic heterocycles. The zero-order valence-electron chi connectivity index (χ0n) is 15.3. The highest BCUT2D eigenvalue weighted by atomic mass is 16.5. The van der Waals surface area contributed by atoms with Crippen LogP contribution in [0.1, 0.15) is 32.6 Å². The van der Waals surface area contributed by atoms with E-state index in [0.717, 1.165) is 35.5 Å². The van der Waals surface area contributed by atoms with Gasteiger partial charge in [0.1, 0.15) is 0 Å². The number of anilines is 1. The van der Waals surface area contributed by atoms with Gasteiger partial charge in [-0.2, -0.15) is 0 Å². The van der Waals surface area contributed by atoms with Gasteiger partial charge in [0.25, 0.3) is 5.91 Å². The van der Waals surface area contributed by atoms with Crippen molar-refractivity contribution in [3.05, 3.63) is 88.9 Å². The average molecular weight is 362 g/mol. The third-order valence-electron chi connectivity index (χ3n) is 4.65. The molecule has 0 fully saturated rings. The maximum atomic E-state index is 12.6. The fraction of sp³-hybridized carbons (Fsp3) is 0.227. The van der Waals surface area contributed by atoms with E-state index in [1.165, 1.54) is 5.56 Å². The van der Waals surface area contributed by atoms with Crippen LogP contribution in [-0.4, -0.2) is 17.9 Å². The smallest absolute Gasteiger partial charge is 0.255 e. The van der Waals surface area contributed by atoms with E-state index in [1.54, 1.807) is 12.5 Å². The van der Waals surface area contributed by atoms with Crippen LogP contribution in [0.4, 0.5) is 5.69 Å². The number of hydrogen-bond donors (Lipinski definition) is 1. The minimum Gasteiger partial charge on any atom is -0.472 e. The zero-order valence-corrected chi connectivity index (χ0v) is 15.3. The lowest BCUT2D eigenvalue weighted by Gasteiger charge is -2.16. The lowest BCUT2D eigenvalue weighted by Crippen LogP contribution is -2.18. The summed E-state index contributed by atoms with van der Waals surface area (Å²) < 4.78 is 10.5. The van der Waals surface area contributed by atoms with E-state index >= 15 is 0 Å². The van der Waals surface area contributed by atoms with Crippen LogP contribution < -0.4 is 5.32 Å². The monoisotopic (exact) mass is 362 g/mol. The molecule has 0 bridgehead atoms. The minimum atomic E-state index is -0.104. The Balaban J connectivity index is 1.41. The Bertz CT molecular complexity index is 934. The number of nitrogens with one attached hydrogen (secondary N) is 1. The lowest BCUT2D eigenvalue weighted by atomic mass is 10.1. The van der Waals surface area contributed by atoms with Crippen LogP contribution in [0.5, 0.6) is 0 Å². The Hall–Kier alpha value is -2.89. The fourth-order valence-electron chi connectivity index (χ4n) is 3.33. The van der Waals surface area contributed by atoms with Crippen molar-refractivity contribution in [1.82, 2.24) is 4.90 Å². The molecule has 1 amide bonds. The van der Waals surface area contributed by atoms with Crippen LogP contribution in [0.25, 0.3) is 0 Å². The van der Waals surface area contributed by atoms with Gasteiger partial charge in [-0.1, -0.05) is 18.2 Å². The van der Waals surface area contributed by atoms with Crippen molar-refractivity contribution in [2.75, 3.05) is 12.4 Å². The summed E-state index contributed by atoms with van der Waals surface area (Å²) in [6, 6.07) is 15.6. The number of amides is 1. The standard InChI is InChI=1S/C22H22N2O3/c1-24(12-17-7-8-26-13-17)11-16-3-2-4-18(9-16)22(25)23-21-6-5-19-14-27-15-20(19)10-21/h2-10,13H,11-12,14-15H2,1H3,(H,23,25). The second-order valence-electron chi connectivity index (χ2n) is 6.93. The van der Waals surface area contributed by atoms with Crippen molar-refractivity contribution in [2.45, 2.75) is 26.3 Å². The van der Waals surface area contributed by atoms with E-state index in [2.05, 4.69) is 10.2 Å². The Morgan fingerprint density at radius 1 is 1.04 bits per heavy atom. The van der Waals surface area contributed by atoms with Gasteiger partial charge in [0.15, 0.2) is 0 Å². The molecule has 0 unspecified atom stereocenters. The topological polar surface area (TPSA) is 54.7 Å². The number of benzene rings is 2. The van der Waals surface area contributed by atoms with Gasteiger partial charge in [-0.05, 0) is 54.1 Å². The molecule has 0 radical (unpaired) electrons. The second kappa shape index (κ2) is 7.78. The van der Waals surface area contributed by atoms with Gasteiger partial charge in [0, 0.05) is 29.9 Å². The van der Waals surface area contributed by atoms with Gasteiger partial charge in [-0.3, -0.25) is 9.69 Å². The first-order valence-electron chi connectivity index (χ1n) is 8.97. The maximum Gasteiger partial charge on any atom is 0.255 e. The lowest BCUT2D eigenvalue weighted by molar-refractivity contribution is 0.102. The van der Waals surface area contributed by atoms with Crippen molar-refractivity contribution < 1.29 is 13.9 Å². The summed E-state index contributed by atoms with van der Waals surface area (Å²) in [6.07, 6.45) is 3.43. The Labute approximate surface area is 158 Å². The van der Waals surface area contributed by atoms with Crippen molar-refractivity contribution in [3.8, 4) is 0 Å². The van der Waals surface area contributed by atoms with Gasteiger partial charge in [0.05, 0.1) is 25.7 Å². The number of fused-ring (bicyclic) bond motifs is 1. The first-order chi connectivity index (χ1) is 13.2. The number of rotatable bonds is 6. The highest BCUT2D eigenvalue weighted by Crippen LogP contribution is 2.23. The molecular weight excluding hydrogens is 340 g/mol. The van der Waals surface area contributed by atoms with Crippen LogP contribution in [-0.2, 0) is 31.0 Å². The quantitative estimate of drug-likeness (QED) is 0.714. The molecule has 138 valence electrons. The summed E-state index contributed by atoms with van der Waals surface area (Å²) in [5.41, 5.74) is 6.01. The van der Waals surface area contributed by atoms with E-state index < -0.39 is 0 Å². The summed E-state index contributed by atoms with van der Waals surface area (Å²) in [5, 5.41) is 2.98. The maximum absolute atomic E-state index is 12.6. The predicted octanol–water partition coefficient (Wildman–Crippen LogP) is 4.19. The van der Waals surface area contributed by atoms with Gasteiger partial charge >= 0.3 is 0 Å². The summed E-state index contributed by atoms with van der Waals surface area (Å²) in [4.78, 5) is 14.8. The third kappa shape index (κ3) is 4.27. The minimum absolute atomic E-state index is 0.104. The molecule has 2 heterocycles. The summed E-state index contributed by atoms with van der Waals surface area (Å²) in [6.45, 7) is 2.81. The van der Waals surface area contributed by atoms with Crippen LogP contribution in [0.2, 0.25) is 0 Å². The van der Waals surface area contributed by atoms with E-state index in [-0.39, 0.29) is 5.91 Å². The van der Waals surface area contributed by atoms with Crippen molar-refractivity contribution in [3.63, 3.8) is 0 Å². The van der Waals surface area contributed by atoms with Gasteiger partial charge in [-0.15, -0.1) is 0 Å². The van der Waals surface area contributed by atoms with Gasteiger partial charge in [-0.25, -0.2) is 0 Å². The fourth-order valence-corrected chi connectivity index (χ4v) is 3.33. The molecule has 5 heteroatoms. The SMILES string of the molecule is CN(Cc1ccoc1)Cc1cccc(C(=O)Nc2ccc3c(c2)COC3)c1. The van der Waals surface area contributed by atoms with Crippen LogP contribution >= 0.6 is 0 Å². The Kier molecular flexibility index (Phi) is 5.05. The summed E-state index contributed by atoms with van der Waals surface area (Å²) in [5.74, 6) is -0.104. The number of ether oxygens (including phenoxy) is 1.